The molecular formula is C20H20N2O4. The number of aliphatic hydroxyl groups is 2. The minimum absolute atomic E-state index is 0.0489. The van der Waals surface area contributed by atoms with Gasteiger partial charge in [0.15, 0.2) is 0 Å². The van der Waals surface area contributed by atoms with Gasteiger partial charge in [-0.2, -0.15) is 0 Å². The molecule has 6 heteroatoms. The van der Waals surface area contributed by atoms with Crippen molar-refractivity contribution >= 4 is 17.5 Å². The summed E-state index contributed by atoms with van der Waals surface area (Å²) in [6.07, 6.45) is 0.330. The summed E-state index contributed by atoms with van der Waals surface area (Å²) in [6, 6.07) is 14.7. The molecule has 0 bridgehead atoms. The van der Waals surface area contributed by atoms with E-state index in [-0.39, 0.29) is 18.8 Å². The van der Waals surface area contributed by atoms with E-state index in [2.05, 4.69) is 5.32 Å². The molecule has 1 heterocycles. The molecule has 0 fully saturated rings. The van der Waals surface area contributed by atoms with Gasteiger partial charge in [-0.3, -0.25) is 14.5 Å². The normalized spacial score (nSPS) is 15.2. The van der Waals surface area contributed by atoms with Crippen molar-refractivity contribution in [3.8, 4) is 0 Å². The largest absolute Gasteiger partial charge is 0.395 e. The van der Waals surface area contributed by atoms with Gasteiger partial charge in [-0.25, -0.2) is 0 Å². The summed E-state index contributed by atoms with van der Waals surface area (Å²) >= 11 is 0. The van der Waals surface area contributed by atoms with Crippen molar-refractivity contribution in [2.45, 2.75) is 13.0 Å². The monoisotopic (exact) mass is 352 g/mol. The van der Waals surface area contributed by atoms with E-state index in [4.69, 9.17) is 5.11 Å². The topological polar surface area (TPSA) is 89.9 Å². The number of rotatable bonds is 6. The van der Waals surface area contributed by atoms with Crippen LogP contribution in [0.2, 0.25) is 0 Å². The molecular weight excluding hydrogens is 332 g/mol. The molecule has 0 aliphatic carbocycles. The van der Waals surface area contributed by atoms with Crippen molar-refractivity contribution in [3.05, 3.63) is 77.0 Å². The summed E-state index contributed by atoms with van der Waals surface area (Å²) < 4.78 is 0. The molecule has 26 heavy (non-hydrogen) atoms. The number of imide groups is 1. The number of nitrogens with one attached hydrogen (secondary N) is 1. The highest BCUT2D eigenvalue weighted by molar-refractivity contribution is 6.17. The summed E-state index contributed by atoms with van der Waals surface area (Å²) in [5.74, 6) is -0.964. The van der Waals surface area contributed by atoms with Gasteiger partial charge in [-0.15, -0.1) is 0 Å². The number of hydrogen-bond donors (Lipinski definition) is 3. The molecule has 3 N–H and O–H groups in total. The number of aliphatic hydroxyl groups excluding tert-OH is 2. The molecule has 1 aliphatic heterocycles. The Kier molecular flexibility index (Phi) is 5.16. The van der Waals surface area contributed by atoms with Gasteiger partial charge in [0.05, 0.1) is 13.2 Å². The van der Waals surface area contributed by atoms with Gasteiger partial charge in [-0.05, 0) is 18.6 Å². The van der Waals surface area contributed by atoms with Crippen LogP contribution in [0.1, 0.15) is 22.8 Å². The first-order valence-corrected chi connectivity index (χ1v) is 8.30. The van der Waals surface area contributed by atoms with Crippen LogP contribution in [-0.4, -0.2) is 40.1 Å². The number of carbonyl (C=O) groups excluding carboxylic acids is 2. The number of hydrogen-bond acceptors (Lipinski definition) is 5. The van der Waals surface area contributed by atoms with Crippen LogP contribution in [0.15, 0.2) is 60.3 Å². The molecule has 1 aliphatic rings. The fourth-order valence-electron chi connectivity index (χ4n) is 2.89. The van der Waals surface area contributed by atoms with E-state index < -0.39 is 17.9 Å². The Labute approximate surface area is 151 Å². The summed E-state index contributed by atoms with van der Waals surface area (Å²) in [5, 5.41) is 22.7. The Morgan fingerprint density at radius 3 is 2.54 bits per heavy atom. The number of amides is 2. The van der Waals surface area contributed by atoms with Crippen molar-refractivity contribution in [2.75, 3.05) is 18.5 Å². The highest BCUT2D eigenvalue weighted by Crippen LogP contribution is 2.31. The zero-order valence-corrected chi connectivity index (χ0v) is 14.3. The maximum Gasteiger partial charge on any atom is 0.277 e. The molecule has 0 aromatic heterocycles. The second kappa shape index (κ2) is 7.51. The second-order valence-corrected chi connectivity index (χ2v) is 6.11. The first kappa shape index (κ1) is 17.8. The summed E-state index contributed by atoms with van der Waals surface area (Å²) in [7, 11) is 0. The predicted molar refractivity (Wildman–Crippen MR) is 97.2 cm³/mol. The second-order valence-electron chi connectivity index (χ2n) is 6.11. The third kappa shape index (κ3) is 3.51. The summed E-state index contributed by atoms with van der Waals surface area (Å²) in [6.45, 7) is 1.57. The van der Waals surface area contributed by atoms with E-state index in [1.54, 1.807) is 6.07 Å². The van der Waals surface area contributed by atoms with Crippen molar-refractivity contribution in [1.29, 1.82) is 0 Å². The number of benzene rings is 2. The molecule has 134 valence electrons. The van der Waals surface area contributed by atoms with Crippen molar-refractivity contribution < 1.29 is 19.8 Å². The molecule has 3 rings (SSSR count). The minimum Gasteiger partial charge on any atom is -0.395 e. The molecule has 6 nitrogen and oxygen atoms in total. The lowest BCUT2D eigenvalue weighted by molar-refractivity contribution is -0.137. The number of nitrogens with zero attached hydrogens (tertiary/aromatic N) is 1. The number of carbonyl (C=O) groups is 2. The van der Waals surface area contributed by atoms with Crippen molar-refractivity contribution in [2.24, 2.45) is 0 Å². The van der Waals surface area contributed by atoms with E-state index in [1.165, 1.54) is 6.08 Å². The van der Waals surface area contributed by atoms with E-state index in [1.807, 2.05) is 49.4 Å². The Morgan fingerprint density at radius 2 is 1.85 bits per heavy atom. The van der Waals surface area contributed by atoms with Crippen LogP contribution in [-0.2, 0) is 9.59 Å². The quantitative estimate of drug-likeness (QED) is 0.689. The molecule has 0 saturated heterocycles. The van der Waals surface area contributed by atoms with Crippen LogP contribution in [0.3, 0.4) is 0 Å². The van der Waals surface area contributed by atoms with E-state index in [9.17, 15) is 14.7 Å². The van der Waals surface area contributed by atoms with Crippen LogP contribution in [0.25, 0.3) is 0 Å². The summed E-state index contributed by atoms with van der Waals surface area (Å²) in [4.78, 5) is 25.2. The van der Waals surface area contributed by atoms with E-state index >= 15 is 0 Å². The lowest BCUT2D eigenvalue weighted by Crippen LogP contribution is -2.34. The van der Waals surface area contributed by atoms with Gasteiger partial charge in [0.2, 0.25) is 0 Å². The minimum atomic E-state index is -0.875. The van der Waals surface area contributed by atoms with Crippen LogP contribution < -0.4 is 5.32 Å². The van der Waals surface area contributed by atoms with Crippen LogP contribution >= 0.6 is 0 Å². The lowest BCUT2D eigenvalue weighted by atomic mass is 9.98. The molecule has 0 spiro atoms. The highest BCUT2D eigenvalue weighted by atomic mass is 16.3. The fourth-order valence-corrected chi connectivity index (χ4v) is 2.89. The maximum atomic E-state index is 12.3. The van der Waals surface area contributed by atoms with Gasteiger partial charge in [0, 0.05) is 17.3 Å². The number of aryl methyl sites for hydroxylation is 1. The van der Waals surface area contributed by atoms with Gasteiger partial charge >= 0.3 is 0 Å². The fraction of sp³-hybridized carbons (Fsp3) is 0.200. The zero-order valence-electron chi connectivity index (χ0n) is 14.3. The third-order valence-corrected chi connectivity index (χ3v) is 4.22. The first-order valence-electron chi connectivity index (χ1n) is 8.30. The SMILES string of the molecule is Cc1ccc(NC2=CC(=O)N(CCO)C2=O)c(C(O)c2ccccc2)c1. The highest BCUT2D eigenvalue weighted by Gasteiger charge is 2.31. The average molecular weight is 352 g/mol. The van der Waals surface area contributed by atoms with Gasteiger partial charge in [0.1, 0.15) is 11.8 Å². The van der Waals surface area contributed by atoms with Crippen molar-refractivity contribution in [1.82, 2.24) is 4.90 Å². The van der Waals surface area contributed by atoms with Crippen LogP contribution in [0.5, 0.6) is 0 Å². The molecule has 0 radical (unpaired) electrons. The molecule has 2 aromatic rings. The van der Waals surface area contributed by atoms with Crippen LogP contribution in [0.4, 0.5) is 5.69 Å². The van der Waals surface area contributed by atoms with Crippen molar-refractivity contribution in [3.63, 3.8) is 0 Å². The van der Waals surface area contributed by atoms with Gasteiger partial charge in [0.25, 0.3) is 11.8 Å². The standard InChI is InChI=1S/C20H20N2O4/c1-13-7-8-16(15(11-13)19(25)14-5-3-2-4-6-14)21-17-12-18(24)22(9-10-23)20(17)26/h2-8,11-12,19,21,23,25H,9-10H2,1H3. The number of β-amino-alcohol motifs (C(OH)–C–C–N with tert-alkyl or cyclic N) is 1. The van der Waals surface area contributed by atoms with E-state index in [0.717, 1.165) is 16.0 Å². The Hall–Kier alpha value is -2.96. The smallest absolute Gasteiger partial charge is 0.277 e. The molecule has 1 unspecified atom stereocenters. The Morgan fingerprint density at radius 1 is 1.12 bits per heavy atom. The third-order valence-electron chi connectivity index (χ3n) is 4.22. The van der Waals surface area contributed by atoms with Gasteiger partial charge < -0.3 is 15.5 Å². The molecule has 1 atom stereocenters. The first-order chi connectivity index (χ1) is 12.5. The van der Waals surface area contributed by atoms with E-state index in [0.29, 0.717) is 11.3 Å². The van der Waals surface area contributed by atoms with Crippen LogP contribution in [0, 0.1) is 6.92 Å². The van der Waals surface area contributed by atoms with Gasteiger partial charge in [-0.1, -0.05) is 48.0 Å². The molecule has 2 amide bonds. The molecule has 2 aromatic carbocycles. The predicted octanol–water partition coefficient (Wildman–Crippen LogP) is 1.73. The average Bonchev–Trinajstić information content (AvgIpc) is 2.91. The number of anilines is 1. The summed E-state index contributed by atoms with van der Waals surface area (Å²) in [5.41, 5.74) is 2.97. The molecule has 0 saturated carbocycles. The zero-order chi connectivity index (χ0) is 18.7. The lowest BCUT2D eigenvalue weighted by Gasteiger charge is -2.19. The maximum absolute atomic E-state index is 12.3. The Balaban J connectivity index is 1.91. The Bertz CT molecular complexity index is 861.